The van der Waals surface area contributed by atoms with E-state index in [9.17, 15) is 18.0 Å². The van der Waals surface area contributed by atoms with Gasteiger partial charge >= 0.3 is 6.18 Å². The summed E-state index contributed by atoms with van der Waals surface area (Å²) in [6.45, 7) is 6.27. The predicted molar refractivity (Wildman–Crippen MR) is 193 cm³/mol. The summed E-state index contributed by atoms with van der Waals surface area (Å²) >= 11 is 0. The van der Waals surface area contributed by atoms with E-state index < -0.39 is 17.6 Å². The van der Waals surface area contributed by atoms with Gasteiger partial charge in [0.05, 0.1) is 37.7 Å². The van der Waals surface area contributed by atoms with E-state index in [4.69, 9.17) is 14.5 Å². The lowest BCUT2D eigenvalue weighted by molar-refractivity contribution is -0.137. The number of hydrogen-bond donors (Lipinski definition) is 1. The van der Waals surface area contributed by atoms with Crippen molar-refractivity contribution in [3.05, 3.63) is 84.7 Å². The summed E-state index contributed by atoms with van der Waals surface area (Å²) in [5.41, 5.74) is -1.00. The SMILES string of the molecule is CC/C=C\C/C=C\C/C=C\C/C=C\C/C=C\CCCC(=O)Nc1cc(C(F)(F)F)c(-c2cc(N3CCOCC3)nc(N3CCOCC3)n2)cn1. The van der Waals surface area contributed by atoms with Crippen molar-refractivity contribution in [3.63, 3.8) is 0 Å². The number of unbranched alkanes of at least 4 members (excludes halogenated alkanes) is 1. The van der Waals surface area contributed by atoms with Crippen LogP contribution in [0.1, 0.15) is 63.9 Å². The van der Waals surface area contributed by atoms with Crippen LogP contribution >= 0.6 is 0 Å². The van der Waals surface area contributed by atoms with Crippen molar-refractivity contribution in [1.29, 1.82) is 0 Å². The minimum absolute atomic E-state index is 0.109. The summed E-state index contributed by atoms with van der Waals surface area (Å²) in [6.07, 6.45) is 23.7. The first-order chi connectivity index (χ1) is 24.3. The van der Waals surface area contributed by atoms with E-state index in [2.05, 4.69) is 70.8 Å². The molecule has 2 aliphatic heterocycles. The first-order valence-corrected chi connectivity index (χ1v) is 17.5. The molecule has 1 N–H and O–H groups in total. The predicted octanol–water partition coefficient (Wildman–Crippen LogP) is 8.09. The van der Waals surface area contributed by atoms with Crippen LogP contribution in [0.15, 0.2) is 79.1 Å². The minimum atomic E-state index is -4.71. The van der Waals surface area contributed by atoms with Crippen LogP contribution in [0.2, 0.25) is 0 Å². The van der Waals surface area contributed by atoms with Gasteiger partial charge in [0, 0.05) is 50.4 Å². The van der Waals surface area contributed by atoms with E-state index in [1.54, 1.807) is 6.07 Å². The number of rotatable bonds is 17. The van der Waals surface area contributed by atoms with Crippen molar-refractivity contribution in [3.8, 4) is 11.3 Å². The molecule has 1 amide bonds. The van der Waals surface area contributed by atoms with Crippen LogP contribution in [-0.4, -0.2) is 73.5 Å². The highest BCUT2D eigenvalue weighted by atomic mass is 19.4. The standard InChI is InChI=1S/C38H49F3N6O3/c1-2-3-4-5-6-7-8-9-10-11-12-13-14-15-16-17-18-19-36(48)44-34-28-32(38(39,40)41)31(30-42-34)33-29-35(46-20-24-49-25-21-46)45-37(43-33)47-22-26-50-27-23-47/h3-4,6-7,9-10,12-13,15-16,28-30H,2,5,8,11,14,17-27H2,1H3,(H,42,44,48)/b4-3-,7-6-,10-9-,13-12-,16-15-. The van der Waals surface area contributed by atoms with E-state index in [0.29, 0.717) is 77.2 Å². The van der Waals surface area contributed by atoms with Gasteiger partial charge in [-0.2, -0.15) is 18.2 Å². The lowest BCUT2D eigenvalue weighted by Gasteiger charge is -2.31. The monoisotopic (exact) mass is 694 g/mol. The van der Waals surface area contributed by atoms with Gasteiger partial charge in [-0.1, -0.05) is 67.7 Å². The van der Waals surface area contributed by atoms with Crippen molar-refractivity contribution in [2.75, 3.05) is 67.7 Å². The van der Waals surface area contributed by atoms with Crippen molar-refractivity contribution in [2.24, 2.45) is 0 Å². The Bertz CT molecular complexity index is 1460. The molecule has 0 aromatic carbocycles. The van der Waals surface area contributed by atoms with Gasteiger partial charge in [-0.25, -0.2) is 9.97 Å². The zero-order valence-corrected chi connectivity index (χ0v) is 28.9. The lowest BCUT2D eigenvalue weighted by atomic mass is 10.1. The van der Waals surface area contributed by atoms with Crippen molar-refractivity contribution >= 4 is 23.5 Å². The van der Waals surface area contributed by atoms with Crippen LogP contribution < -0.4 is 15.1 Å². The minimum Gasteiger partial charge on any atom is -0.378 e. The summed E-state index contributed by atoms with van der Waals surface area (Å²) in [7, 11) is 0. The average molecular weight is 695 g/mol. The lowest BCUT2D eigenvalue weighted by Crippen LogP contribution is -2.39. The molecule has 2 saturated heterocycles. The smallest absolute Gasteiger partial charge is 0.378 e. The number of nitrogens with zero attached hydrogens (tertiary/aromatic N) is 5. The number of alkyl halides is 3. The number of hydrogen-bond acceptors (Lipinski definition) is 8. The molecule has 2 aromatic rings. The Morgan fingerprint density at radius 2 is 1.36 bits per heavy atom. The van der Waals surface area contributed by atoms with Gasteiger partial charge in [0.1, 0.15) is 11.6 Å². The van der Waals surface area contributed by atoms with E-state index >= 15 is 0 Å². The fraction of sp³-hybridized carbons (Fsp3) is 0.474. The Labute approximate surface area is 293 Å². The zero-order chi connectivity index (χ0) is 35.4. The Balaban J connectivity index is 1.29. The zero-order valence-electron chi connectivity index (χ0n) is 28.9. The number of amides is 1. The van der Waals surface area contributed by atoms with Crippen molar-refractivity contribution < 1.29 is 27.4 Å². The third kappa shape index (κ3) is 13.2. The molecule has 50 heavy (non-hydrogen) atoms. The Morgan fingerprint density at radius 1 is 0.800 bits per heavy atom. The molecule has 0 aliphatic carbocycles. The van der Waals surface area contributed by atoms with Crippen LogP contribution in [-0.2, 0) is 20.4 Å². The second-order valence-electron chi connectivity index (χ2n) is 11.9. The Hall–Kier alpha value is -4.29. The highest BCUT2D eigenvalue weighted by Crippen LogP contribution is 2.38. The summed E-state index contributed by atoms with van der Waals surface area (Å²) in [5.74, 6) is 0.317. The molecule has 2 fully saturated rings. The normalized spacial score (nSPS) is 16.2. The van der Waals surface area contributed by atoms with Gasteiger partial charge in [0.15, 0.2) is 0 Å². The number of anilines is 3. The molecule has 4 heterocycles. The molecule has 0 bridgehead atoms. The topological polar surface area (TPSA) is 92.7 Å². The third-order valence-corrected chi connectivity index (χ3v) is 8.01. The number of morpholine rings is 2. The van der Waals surface area contributed by atoms with Gasteiger partial charge < -0.3 is 24.6 Å². The molecule has 2 aliphatic rings. The van der Waals surface area contributed by atoms with Crippen LogP contribution in [0, 0.1) is 0 Å². The van der Waals surface area contributed by atoms with Gasteiger partial charge in [-0.05, 0) is 51.0 Å². The second kappa shape index (κ2) is 21.0. The largest absolute Gasteiger partial charge is 0.417 e. The van der Waals surface area contributed by atoms with Crippen LogP contribution in [0.5, 0.6) is 0 Å². The molecule has 270 valence electrons. The number of carbonyl (C=O) groups excluding carboxylic acids is 1. The molecule has 0 saturated carbocycles. The van der Waals surface area contributed by atoms with E-state index in [0.717, 1.165) is 44.4 Å². The molecular formula is C38H49F3N6O3. The second-order valence-corrected chi connectivity index (χ2v) is 11.9. The number of ether oxygens (including phenoxy) is 2. The van der Waals surface area contributed by atoms with E-state index in [1.807, 2.05) is 22.0 Å². The van der Waals surface area contributed by atoms with Gasteiger partial charge in [-0.15, -0.1) is 0 Å². The fourth-order valence-corrected chi connectivity index (χ4v) is 5.34. The Kier molecular flexibility index (Phi) is 16.2. The summed E-state index contributed by atoms with van der Waals surface area (Å²) in [5, 5.41) is 2.54. The molecule has 0 radical (unpaired) electrons. The first kappa shape index (κ1) is 38.5. The molecule has 0 spiro atoms. The molecule has 9 nitrogen and oxygen atoms in total. The average Bonchev–Trinajstić information content (AvgIpc) is 3.13. The highest BCUT2D eigenvalue weighted by Gasteiger charge is 2.35. The third-order valence-electron chi connectivity index (χ3n) is 8.01. The maximum absolute atomic E-state index is 14.4. The van der Waals surface area contributed by atoms with E-state index in [-0.39, 0.29) is 23.5 Å². The molecule has 0 atom stereocenters. The maximum atomic E-state index is 14.4. The Morgan fingerprint density at radius 3 is 1.94 bits per heavy atom. The molecule has 12 heteroatoms. The summed E-state index contributed by atoms with van der Waals surface area (Å²) in [6, 6.07) is 2.44. The molecule has 2 aromatic heterocycles. The number of carbonyl (C=O) groups is 1. The molecule has 4 rings (SSSR count). The number of pyridine rings is 1. The number of allylic oxidation sites excluding steroid dienone is 10. The van der Waals surface area contributed by atoms with E-state index in [1.165, 1.54) is 0 Å². The molecular weight excluding hydrogens is 645 g/mol. The number of aromatic nitrogens is 3. The van der Waals surface area contributed by atoms with Gasteiger partial charge in [0.25, 0.3) is 0 Å². The highest BCUT2D eigenvalue weighted by molar-refractivity contribution is 5.90. The van der Waals surface area contributed by atoms with Crippen LogP contribution in [0.4, 0.5) is 30.8 Å². The number of halogens is 3. The van der Waals surface area contributed by atoms with Crippen molar-refractivity contribution in [1.82, 2.24) is 15.0 Å². The van der Waals surface area contributed by atoms with Gasteiger partial charge in [0.2, 0.25) is 11.9 Å². The quantitative estimate of drug-likeness (QED) is 0.131. The number of nitrogens with one attached hydrogen (secondary N) is 1. The van der Waals surface area contributed by atoms with Gasteiger partial charge in [-0.3, -0.25) is 4.79 Å². The maximum Gasteiger partial charge on any atom is 0.417 e. The summed E-state index contributed by atoms with van der Waals surface area (Å²) < 4.78 is 54.2. The first-order valence-electron chi connectivity index (χ1n) is 17.5. The van der Waals surface area contributed by atoms with Crippen LogP contribution in [0.25, 0.3) is 11.3 Å². The fourth-order valence-electron chi connectivity index (χ4n) is 5.34. The van der Waals surface area contributed by atoms with Crippen LogP contribution in [0.3, 0.4) is 0 Å². The summed E-state index contributed by atoms with van der Waals surface area (Å²) in [4.78, 5) is 29.9. The van der Waals surface area contributed by atoms with Crippen molar-refractivity contribution in [2.45, 2.75) is 64.5 Å². The molecule has 0 unspecified atom stereocenters.